The molecule has 6 aromatic rings. The van der Waals surface area contributed by atoms with Crippen molar-refractivity contribution in [1.82, 2.24) is 35.1 Å². The Kier molecular flexibility index (Phi) is 7.10. The predicted octanol–water partition coefficient (Wildman–Crippen LogP) is 5.64. The smallest absolute Gasteiger partial charge is 0.255 e. The number of rotatable bonds is 8. The Labute approximate surface area is 244 Å². The van der Waals surface area contributed by atoms with Gasteiger partial charge in [0.1, 0.15) is 22.9 Å². The van der Waals surface area contributed by atoms with Gasteiger partial charge >= 0.3 is 0 Å². The second-order valence-electron chi connectivity index (χ2n) is 9.50. The summed E-state index contributed by atoms with van der Waals surface area (Å²) in [6.45, 7) is 4.21. The summed E-state index contributed by atoms with van der Waals surface area (Å²) < 4.78 is 15.6. The number of ether oxygens (including phenoxy) is 1. The Morgan fingerprint density at radius 1 is 1.05 bits per heavy atom. The molecule has 3 heterocycles. The second kappa shape index (κ2) is 11.0. The highest BCUT2D eigenvalue weighted by Gasteiger charge is 2.21. The van der Waals surface area contributed by atoms with E-state index in [1.807, 2.05) is 80.7 Å². The van der Waals surface area contributed by atoms with Crippen molar-refractivity contribution in [2.45, 2.75) is 26.9 Å². The number of nitrogens with zero attached hydrogens (tertiary/aromatic N) is 6. The minimum absolute atomic E-state index is 0.168. The van der Waals surface area contributed by atoms with Crippen molar-refractivity contribution in [2.75, 3.05) is 7.11 Å². The molecule has 0 saturated carbocycles. The van der Waals surface area contributed by atoms with Crippen LogP contribution in [0.4, 0.5) is 0 Å². The van der Waals surface area contributed by atoms with Gasteiger partial charge in [0, 0.05) is 15.4 Å². The predicted molar refractivity (Wildman–Crippen MR) is 157 cm³/mol. The van der Waals surface area contributed by atoms with Gasteiger partial charge in [-0.05, 0) is 55.6 Å². The van der Waals surface area contributed by atoms with Crippen LogP contribution < -0.4 is 10.1 Å². The Hall–Kier alpha value is -4.77. The van der Waals surface area contributed by atoms with Gasteiger partial charge in [0.25, 0.3) is 5.91 Å². The van der Waals surface area contributed by atoms with Crippen molar-refractivity contribution in [3.05, 3.63) is 106 Å². The maximum atomic E-state index is 13.2. The van der Waals surface area contributed by atoms with Crippen molar-refractivity contribution in [1.29, 1.82) is 0 Å². The molecule has 0 aliphatic carbocycles. The van der Waals surface area contributed by atoms with Crippen LogP contribution in [0.1, 0.15) is 33.2 Å². The summed E-state index contributed by atoms with van der Waals surface area (Å²) in [5.74, 6) is 1.11. The lowest BCUT2D eigenvalue weighted by molar-refractivity contribution is 0.0946. The summed E-state index contributed by atoms with van der Waals surface area (Å²) in [5.41, 5.74) is 5.14. The molecule has 3 aromatic heterocycles. The molecule has 0 aliphatic heterocycles. The molecular weight excluding hydrogens is 586 g/mol. The number of aryl methyl sites for hydroxylation is 1. The minimum atomic E-state index is -0.236. The molecule has 0 aliphatic rings. The van der Waals surface area contributed by atoms with Crippen molar-refractivity contribution < 1.29 is 13.9 Å². The number of halogens is 1. The zero-order valence-corrected chi connectivity index (χ0v) is 24.2. The number of hydrogen-bond donors (Lipinski definition) is 1. The first-order chi connectivity index (χ1) is 19.9. The minimum Gasteiger partial charge on any atom is -0.496 e. The first-order valence-corrected chi connectivity index (χ1v) is 13.7. The van der Waals surface area contributed by atoms with Crippen LogP contribution in [-0.2, 0) is 13.1 Å². The molecule has 0 atom stereocenters. The zero-order valence-electron chi connectivity index (χ0n) is 22.6. The fourth-order valence-corrected chi connectivity index (χ4v) is 5.21. The van der Waals surface area contributed by atoms with Gasteiger partial charge < -0.3 is 14.5 Å². The van der Waals surface area contributed by atoms with E-state index in [-0.39, 0.29) is 12.5 Å². The lowest BCUT2D eigenvalue weighted by atomic mass is 10.0. The molecule has 0 unspecified atom stereocenters. The van der Waals surface area contributed by atoms with E-state index in [0.717, 1.165) is 43.6 Å². The second-order valence-corrected chi connectivity index (χ2v) is 10.4. The van der Waals surface area contributed by atoms with E-state index in [4.69, 9.17) is 9.15 Å². The summed E-state index contributed by atoms with van der Waals surface area (Å²) in [6, 6.07) is 19.7. The molecule has 11 heteroatoms. The third kappa shape index (κ3) is 5.11. The van der Waals surface area contributed by atoms with Gasteiger partial charge in [-0.15, -0.1) is 5.10 Å². The van der Waals surface area contributed by atoms with Gasteiger partial charge in [0.15, 0.2) is 6.39 Å². The molecule has 0 saturated heterocycles. The van der Waals surface area contributed by atoms with E-state index >= 15 is 0 Å². The summed E-state index contributed by atoms with van der Waals surface area (Å²) in [6.07, 6.45) is 3.24. The molecule has 1 N–H and O–H groups in total. The van der Waals surface area contributed by atoms with Crippen LogP contribution in [0.25, 0.3) is 27.7 Å². The largest absolute Gasteiger partial charge is 0.496 e. The summed E-state index contributed by atoms with van der Waals surface area (Å²) in [7, 11) is 1.66. The molecule has 206 valence electrons. The number of hydrogen-bond acceptors (Lipinski definition) is 7. The highest BCUT2D eigenvalue weighted by molar-refractivity contribution is 9.10. The van der Waals surface area contributed by atoms with E-state index in [0.29, 0.717) is 29.3 Å². The quantitative estimate of drug-likeness (QED) is 0.237. The maximum Gasteiger partial charge on any atom is 0.255 e. The molecular formula is C30H26BrN7O3. The molecule has 6 rings (SSSR count). The van der Waals surface area contributed by atoms with Crippen molar-refractivity contribution in [2.24, 2.45) is 0 Å². The van der Waals surface area contributed by atoms with Crippen LogP contribution >= 0.6 is 15.9 Å². The number of amides is 1. The van der Waals surface area contributed by atoms with E-state index < -0.39 is 0 Å². The number of methoxy groups -OCH3 is 1. The van der Waals surface area contributed by atoms with Crippen LogP contribution in [0.5, 0.6) is 5.75 Å². The van der Waals surface area contributed by atoms with E-state index in [1.54, 1.807) is 16.5 Å². The van der Waals surface area contributed by atoms with Crippen LogP contribution in [-0.4, -0.2) is 42.8 Å². The highest BCUT2D eigenvalue weighted by atomic mass is 79.9. The molecule has 0 bridgehead atoms. The lowest BCUT2D eigenvalue weighted by Gasteiger charge is -2.08. The SMILES string of the molecule is COc1ccc(-c2cn(Cc3ncoc3CNC(=O)c3c(C)nn(-c4ccc(Br)cc4)c3C)nn2)c2ccccc12. The topological polar surface area (TPSA) is 113 Å². The van der Waals surface area contributed by atoms with Gasteiger partial charge in [-0.2, -0.15) is 5.10 Å². The molecule has 1 amide bonds. The van der Waals surface area contributed by atoms with Crippen molar-refractivity contribution >= 4 is 32.6 Å². The first kappa shape index (κ1) is 26.5. The number of nitrogens with one attached hydrogen (secondary N) is 1. The number of carbonyl (C=O) groups is 1. The molecule has 3 aromatic carbocycles. The number of fused-ring (bicyclic) bond motifs is 1. The molecule has 0 spiro atoms. The van der Waals surface area contributed by atoms with Gasteiger partial charge in [-0.25, -0.2) is 14.3 Å². The number of benzene rings is 3. The van der Waals surface area contributed by atoms with Gasteiger partial charge in [-0.3, -0.25) is 4.79 Å². The molecule has 41 heavy (non-hydrogen) atoms. The highest BCUT2D eigenvalue weighted by Crippen LogP contribution is 2.33. The van der Waals surface area contributed by atoms with E-state index in [9.17, 15) is 4.79 Å². The zero-order chi connectivity index (χ0) is 28.5. The lowest BCUT2D eigenvalue weighted by Crippen LogP contribution is -2.24. The average Bonchev–Trinajstić information content (AvgIpc) is 3.71. The number of aromatic nitrogens is 6. The Morgan fingerprint density at radius 2 is 1.83 bits per heavy atom. The standard InChI is InChI=1S/C30H26BrN7O3/c1-18-29(19(2)38(35-18)21-10-8-20(31)9-11-21)30(39)32-14-28-26(33-17-41-28)16-37-15-25(34-36-37)23-12-13-27(40-3)24-7-5-4-6-22(23)24/h4-13,15,17H,14,16H2,1-3H3,(H,32,39). The van der Waals surface area contributed by atoms with E-state index in [2.05, 4.69) is 41.6 Å². The summed E-state index contributed by atoms with van der Waals surface area (Å²) >= 11 is 3.45. The van der Waals surface area contributed by atoms with Crippen LogP contribution in [0.3, 0.4) is 0 Å². The normalized spacial score (nSPS) is 11.2. The van der Waals surface area contributed by atoms with Crippen molar-refractivity contribution in [3.8, 4) is 22.7 Å². The monoisotopic (exact) mass is 611 g/mol. The molecule has 0 fully saturated rings. The first-order valence-electron chi connectivity index (χ1n) is 12.9. The van der Waals surface area contributed by atoms with E-state index in [1.165, 1.54) is 6.39 Å². The fraction of sp³-hybridized carbons (Fsp3) is 0.167. The number of oxazole rings is 1. The van der Waals surface area contributed by atoms with Crippen LogP contribution in [0, 0.1) is 13.8 Å². The Balaban J connectivity index is 1.17. The molecule has 0 radical (unpaired) electrons. The third-order valence-electron chi connectivity index (χ3n) is 6.95. The van der Waals surface area contributed by atoms with Gasteiger partial charge in [-0.1, -0.05) is 45.4 Å². The average molecular weight is 612 g/mol. The Bertz CT molecular complexity index is 1870. The number of carbonyl (C=O) groups excluding carboxylic acids is 1. The fourth-order valence-electron chi connectivity index (χ4n) is 4.95. The van der Waals surface area contributed by atoms with Gasteiger partial charge in [0.05, 0.1) is 49.0 Å². The Morgan fingerprint density at radius 3 is 2.61 bits per heavy atom. The van der Waals surface area contributed by atoms with Crippen molar-refractivity contribution in [3.63, 3.8) is 0 Å². The molecule has 10 nitrogen and oxygen atoms in total. The maximum absolute atomic E-state index is 13.2. The summed E-state index contributed by atoms with van der Waals surface area (Å²) in [5, 5.41) is 18.3. The summed E-state index contributed by atoms with van der Waals surface area (Å²) in [4.78, 5) is 17.6. The van der Waals surface area contributed by atoms with Crippen LogP contribution in [0.15, 0.2) is 82.1 Å². The van der Waals surface area contributed by atoms with Gasteiger partial charge in [0.2, 0.25) is 0 Å². The third-order valence-corrected chi connectivity index (χ3v) is 7.48. The van der Waals surface area contributed by atoms with Crippen LogP contribution in [0.2, 0.25) is 0 Å².